The molecule has 0 bridgehead atoms. The number of rotatable bonds is 10. The van der Waals surface area contributed by atoms with Crippen molar-refractivity contribution in [2.24, 2.45) is 0 Å². The van der Waals surface area contributed by atoms with Gasteiger partial charge in [0.25, 0.3) is 0 Å². The number of anilines is 2. The van der Waals surface area contributed by atoms with Gasteiger partial charge < -0.3 is 25.0 Å². The van der Waals surface area contributed by atoms with E-state index < -0.39 is 18.1 Å². The summed E-state index contributed by atoms with van der Waals surface area (Å²) in [7, 11) is 5.10. The summed E-state index contributed by atoms with van der Waals surface area (Å²) in [6.45, 7) is 0.691. The number of carbonyl (C=O) groups is 2. The fraction of sp³-hybridized carbons (Fsp3) is 0.292. The topological polar surface area (TPSA) is 121 Å². The molecule has 34 heavy (non-hydrogen) atoms. The van der Waals surface area contributed by atoms with E-state index >= 15 is 0 Å². The number of amides is 1. The van der Waals surface area contributed by atoms with Gasteiger partial charge in [0.2, 0.25) is 0 Å². The van der Waals surface area contributed by atoms with Gasteiger partial charge in [-0.05, 0) is 41.8 Å². The normalized spacial score (nSPS) is 11.4. The van der Waals surface area contributed by atoms with Gasteiger partial charge in [-0.15, -0.1) is 0 Å². The molecule has 0 saturated heterocycles. The molecule has 10 heteroatoms. The second-order valence-electron chi connectivity index (χ2n) is 7.93. The molecule has 3 aromatic rings. The SMILES string of the molecule is CN(C)C(=O)Oc1ccc(C[C@H](Nc2ncncc2N(C)CCc2ccncc2)C(=O)O)cc1. The summed E-state index contributed by atoms with van der Waals surface area (Å²) in [6, 6.07) is 9.74. The Kier molecular flexibility index (Phi) is 8.33. The average molecular weight is 465 g/mol. The number of carboxylic acid groups (broad SMARTS) is 1. The number of nitrogens with one attached hydrogen (secondary N) is 1. The molecule has 178 valence electrons. The van der Waals surface area contributed by atoms with Gasteiger partial charge in [0, 0.05) is 46.5 Å². The Hall–Kier alpha value is -4.21. The summed E-state index contributed by atoms with van der Waals surface area (Å²) >= 11 is 0. The molecule has 2 aromatic heterocycles. The molecule has 0 fully saturated rings. The summed E-state index contributed by atoms with van der Waals surface area (Å²) in [4.78, 5) is 39.4. The Balaban J connectivity index is 1.67. The van der Waals surface area contributed by atoms with E-state index in [4.69, 9.17) is 4.74 Å². The molecule has 10 nitrogen and oxygen atoms in total. The van der Waals surface area contributed by atoms with Crippen LogP contribution in [0.1, 0.15) is 11.1 Å². The smallest absolute Gasteiger partial charge is 0.414 e. The van der Waals surface area contributed by atoms with Crippen LogP contribution in [0.25, 0.3) is 0 Å². The minimum absolute atomic E-state index is 0.210. The fourth-order valence-electron chi connectivity index (χ4n) is 3.17. The van der Waals surface area contributed by atoms with Crippen molar-refractivity contribution in [2.45, 2.75) is 18.9 Å². The quantitative estimate of drug-likeness (QED) is 0.466. The van der Waals surface area contributed by atoms with Crippen molar-refractivity contribution in [3.63, 3.8) is 0 Å². The predicted octanol–water partition coefficient (Wildman–Crippen LogP) is 2.72. The largest absolute Gasteiger partial charge is 0.480 e. The van der Waals surface area contributed by atoms with E-state index in [0.717, 1.165) is 17.5 Å². The fourth-order valence-corrected chi connectivity index (χ4v) is 3.17. The van der Waals surface area contributed by atoms with E-state index in [-0.39, 0.29) is 6.42 Å². The highest BCUT2D eigenvalue weighted by Gasteiger charge is 2.21. The second-order valence-corrected chi connectivity index (χ2v) is 7.93. The van der Waals surface area contributed by atoms with E-state index in [0.29, 0.717) is 23.8 Å². The van der Waals surface area contributed by atoms with Gasteiger partial charge in [-0.25, -0.2) is 19.6 Å². The zero-order valence-corrected chi connectivity index (χ0v) is 19.4. The van der Waals surface area contributed by atoms with E-state index in [1.54, 1.807) is 57.0 Å². The number of carbonyl (C=O) groups excluding carboxylic acids is 1. The van der Waals surface area contributed by atoms with Gasteiger partial charge in [-0.1, -0.05) is 12.1 Å². The highest BCUT2D eigenvalue weighted by molar-refractivity contribution is 5.79. The van der Waals surface area contributed by atoms with Crippen molar-refractivity contribution >= 4 is 23.6 Å². The molecule has 3 rings (SSSR count). The van der Waals surface area contributed by atoms with Gasteiger partial charge in [-0.2, -0.15) is 0 Å². The number of aliphatic carboxylic acids is 1. The van der Waals surface area contributed by atoms with Crippen LogP contribution in [0.2, 0.25) is 0 Å². The van der Waals surface area contributed by atoms with Crippen LogP contribution in [0.4, 0.5) is 16.3 Å². The van der Waals surface area contributed by atoms with Crippen LogP contribution in [0, 0.1) is 0 Å². The minimum atomic E-state index is -1.01. The maximum atomic E-state index is 12.0. The number of ether oxygens (including phenoxy) is 1. The Morgan fingerprint density at radius 3 is 2.38 bits per heavy atom. The molecule has 0 aliphatic heterocycles. The van der Waals surface area contributed by atoms with E-state index in [1.165, 1.54) is 11.2 Å². The summed E-state index contributed by atoms with van der Waals surface area (Å²) in [5.41, 5.74) is 2.62. The highest BCUT2D eigenvalue weighted by atomic mass is 16.6. The Morgan fingerprint density at radius 2 is 1.74 bits per heavy atom. The van der Waals surface area contributed by atoms with Gasteiger partial charge in [0.15, 0.2) is 5.82 Å². The predicted molar refractivity (Wildman–Crippen MR) is 128 cm³/mol. The van der Waals surface area contributed by atoms with Gasteiger partial charge >= 0.3 is 12.1 Å². The highest BCUT2D eigenvalue weighted by Crippen LogP contribution is 2.23. The molecule has 2 heterocycles. The first kappa shape index (κ1) is 24.4. The number of aromatic nitrogens is 3. The lowest BCUT2D eigenvalue weighted by Gasteiger charge is -2.23. The molecule has 0 aliphatic rings. The zero-order valence-electron chi connectivity index (χ0n) is 19.4. The third-order valence-electron chi connectivity index (χ3n) is 5.13. The number of hydrogen-bond donors (Lipinski definition) is 2. The maximum absolute atomic E-state index is 12.0. The number of pyridine rings is 1. The van der Waals surface area contributed by atoms with Crippen molar-refractivity contribution in [2.75, 3.05) is 37.9 Å². The summed E-state index contributed by atoms with van der Waals surface area (Å²) in [5.74, 6) is -0.181. The lowest BCUT2D eigenvalue weighted by molar-refractivity contribution is -0.137. The number of benzene rings is 1. The monoisotopic (exact) mass is 464 g/mol. The molecule has 0 unspecified atom stereocenters. The van der Waals surface area contributed by atoms with E-state index in [2.05, 4.69) is 20.3 Å². The standard InChI is InChI=1S/C24H28N6O4/c1-29(2)24(33)34-19-6-4-18(5-7-19)14-20(23(31)32)28-22-21(15-26-16-27-22)30(3)13-10-17-8-11-25-12-9-17/h4-9,11-12,15-16,20H,10,13-14H2,1-3H3,(H,31,32)(H,26,27,28)/t20-/m0/s1. The maximum Gasteiger partial charge on any atom is 0.414 e. The van der Waals surface area contributed by atoms with Crippen LogP contribution in [0.3, 0.4) is 0 Å². The lowest BCUT2D eigenvalue weighted by Crippen LogP contribution is -2.33. The first-order valence-electron chi connectivity index (χ1n) is 10.7. The average Bonchev–Trinajstić information content (AvgIpc) is 2.84. The van der Waals surface area contributed by atoms with Crippen molar-refractivity contribution in [1.82, 2.24) is 19.9 Å². The van der Waals surface area contributed by atoms with Gasteiger partial charge in [0.05, 0.1) is 11.9 Å². The number of nitrogens with zero attached hydrogens (tertiary/aromatic N) is 5. The number of likely N-dealkylation sites (N-methyl/N-ethyl adjacent to an activating group) is 1. The third kappa shape index (κ3) is 6.89. The van der Waals surface area contributed by atoms with E-state index in [9.17, 15) is 14.7 Å². The number of hydrogen-bond acceptors (Lipinski definition) is 8. The molecule has 1 amide bonds. The summed E-state index contributed by atoms with van der Waals surface area (Å²) < 4.78 is 5.20. The third-order valence-corrected chi connectivity index (χ3v) is 5.13. The van der Waals surface area contributed by atoms with Crippen LogP contribution in [0.5, 0.6) is 5.75 Å². The lowest BCUT2D eigenvalue weighted by atomic mass is 10.1. The van der Waals surface area contributed by atoms with Crippen LogP contribution >= 0.6 is 0 Å². The van der Waals surface area contributed by atoms with Crippen molar-refractivity contribution in [3.05, 3.63) is 72.4 Å². The Labute approximate surface area is 198 Å². The summed E-state index contributed by atoms with van der Waals surface area (Å²) in [5, 5.41) is 12.9. The molecule has 1 atom stereocenters. The molecule has 0 saturated carbocycles. The Morgan fingerprint density at radius 1 is 1.03 bits per heavy atom. The summed E-state index contributed by atoms with van der Waals surface area (Å²) in [6.07, 6.45) is 7.07. The number of carboxylic acids is 1. The van der Waals surface area contributed by atoms with Crippen LogP contribution in [-0.4, -0.2) is 70.8 Å². The molecular formula is C24H28N6O4. The Bertz CT molecular complexity index is 1090. The zero-order chi connectivity index (χ0) is 24.5. The molecule has 2 N–H and O–H groups in total. The van der Waals surface area contributed by atoms with Crippen LogP contribution in [-0.2, 0) is 17.6 Å². The molecule has 0 spiro atoms. The van der Waals surface area contributed by atoms with Crippen molar-refractivity contribution in [1.29, 1.82) is 0 Å². The molecular weight excluding hydrogens is 436 g/mol. The first-order chi connectivity index (χ1) is 16.3. The van der Waals surface area contributed by atoms with Gasteiger partial charge in [-0.3, -0.25) is 4.98 Å². The van der Waals surface area contributed by atoms with Crippen LogP contribution < -0.4 is 15.0 Å². The van der Waals surface area contributed by atoms with Gasteiger partial charge in [0.1, 0.15) is 18.1 Å². The van der Waals surface area contributed by atoms with Crippen LogP contribution in [0.15, 0.2) is 61.3 Å². The molecule has 0 radical (unpaired) electrons. The first-order valence-corrected chi connectivity index (χ1v) is 10.7. The van der Waals surface area contributed by atoms with E-state index in [1.807, 2.05) is 24.1 Å². The molecule has 0 aliphatic carbocycles. The van der Waals surface area contributed by atoms with Crippen molar-refractivity contribution < 1.29 is 19.4 Å². The second kappa shape index (κ2) is 11.6. The minimum Gasteiger partial charge on any atom is -0.480 e. The molecule has 1 aromatic carbocycles. The van der Waals surface area contributed by atoms with Crippen molar-refractivity contribution in [3.8, 4) is 5.75 Å².